The number of nitrogens with one attached hydrogen (secondary N) is 1. The molecule has 0 aliphatic rings. The van der Waals surface area contributed by atoms with E-state index in [9.17, 15) is 22.0 Å². The van der Waals surface area contributed by atoms with Crippen molar-refractivity contribution in [2.24, 2.45) is 0 Å². The smallest absolute Gasteiger partial charge is 0.269 e. The highest BCUT2D eigenvalue weighted by molar-refractivity contribution is 8.13. The minimum Gasteiger partial charge on any atom is -0.325 e. The van der Waals surface area contributed by atoms with Crippen molar-refractivity contribution < 1.29 is 17.2 Å². The first-order valence-corrected chi connectivity index (χ1v) is 6.01. The summed E-state index contributed by atoms with van der Waals surface area (Å²) >= 11 is 0. The SMILES string of the molecule is Cc1[nH]c(=O)c(C(F)F)cc1S(=O)(=O)Cl. The molecule has 1 N–H and O–H groups in total. The van der Waals surface area contributed by atoms with Crippen LogP contribution in [-0.2, 0) is 9.05 Å². The van der Waals surface area contributed by atoms with Crippen molar-refractivity contribution in [3.63, 3.8) is 0 Å². The molecule has 0 amide bonds. The maximum Gasteiger partial charge on any atom is 0.269 e. The van der Waals surface area contributed by atoms with Gasteiger partial charge in [0.05, 0.1) is 5.56 Å². The lowest BCUT2D eigenvalue weighted by molar-refractivity contribution is 0.149. The molecule has 0 radical (unpaired) electrons. The lowest BCUT2D eigenvalue weighted by Gasteiger charge is -2.04. The number of H-pyrrole nitrogens is 1. The lowest BCUT2D eigenvalue weighted by Crippen LogP contribution is -2.16. The zero-order chi connectivity index (χ0) is 11.8. The molecule has 1 heterocycles. The van der Waals surface area contributed by atoms with Crippen molar-refractivity contribution >= 4 is 19.7 Å². The van der Waals surface area contributed by atoms with Crippen LogP contribution in [0.25, 0.3) is 0 Å². The second-order valence-corrected chi connectivity index (χ2v) is 5.32. The Morgan fingerprint density at radius 2 is 2.00 bits per heavy atom. The molecule has 0 aliphatic heterocycles. The summed E-state index contributed by atoms with van der Waals surface area (Å²) in [6.45, 7) is 1.26. The summed E-state index contributed by atoms with van der Waals surface area (Å²) < 4.78 is 46.4. The molecule has 0 fully saturated rings. The van der Waals surface area contributed by atoms with Gasteiger partial charge in [-0.05, 0) is 13.0 Å². The van der Waals surface area contributed by atoms with E-state index < -0.39 is 31.5 Å². The molecule has 0 saturated heterocycles. The van der Waals surface area contributed by atoms with E-state index in [2.05, 4.69) is 0 Å². The van der Waals surface area contributed by atoms with E-state index in [-0.39, 0.29) is 5.69 Å². The zero-order valence-electron chi connectivity index (χ0n) is 7.42. The fraction of sp³-hybridized carbons (Fsp3) is 0.286. The van der Waals surface area contributed by atoms with E-state index in [0.29, 0.717) is 6.07 Å². The summed E-state index contributed by atoms with van der Waals surface area (Å²) in [4.78, 5) is 12.5. The molecular weight excluding hydrogens is 252 g/mol. The van der Waals surface area contributed by atoms with Crippen LogP contribution in [0.4, 0.5) is 8.78 Å². The number of hydrogen-bond acceptors (Lipinski definition) is 3. The fourth-order valence-corrected chi connectivity index (χ4v) is 2.20. The van der Waals surface area contributed by atoms with Gasteiger partial charge in [-0.15, -0.1) is 0 Å². The number of aromatic amines is 1. The van der Waals surface area contributed by atoms with Crippen molar-refractivity contribution in [1.29, 1.82) is 0 Å². The maximum absolute atomic E-state index is 12.3. The van der Waals surface area contributed by atoms with Crippen molar-refractivity contribution in [2.75, 3.05) is 0 Å². The first kappa shape index (κ1) is 12.1. The number of aryl methyl sites for hydroxylation is 1. The summed E-state index contributed by atoms with van der Waals surface area (Å²) in [5.74, 6) is 0. The highest BCUT2D eigenvalue weighted by Crippen LogP contribution is 2.22. The Morgan fingerprint density at radius 3 is 2.40 bits per heavy atom. The van der Waals surface area contributed by atoms with Crippen LogP contribution in [0.1, 0.15) is 17.7 Å². The molecule has 0 aliphatic carbocycles. The Kier molecular flexibility index (Phi) is 3.15. The normalized spacial score (nSPS) is 12.1. The lowest BCUT2D eigenvalue weighted by atomic mass is 10.2. The van der Waals surface area contributed by atoms with Gasteiger partial charge < -0.3 is 4.98 Å². The molecule has 0 spiro atoms. The van der Waals surface area contributed by atoms with Gasteiger partial charge in [-0.3, -0.25) is 4.79 Å². The second-order valence-electron chi connectivity index (χ2n) is 2.78. The third-order valence-corrected chi connectivity index (χ3v) is 3.17. The van der Waals surface area contributed by atoms with Crippen LogP contribution >= 0.6 is 10.7 Å². The molecule has 8 heteroatoms. The molecule has 1 rings (SSSR count). The van der Waals surface area contributed by atoms with Crippen LogP contribution in [0.2, 0.25) is 0 Å². The maximum atomic E-state index is 12.3. The van der Waals surface area contributed by atoms with E-state index in [0.717, 1.165) is 0 Å². The van der Waals surface area contributed by atoms with Crippen LogP contribution < -0.4 is 5.56 Å². The molecule has 0 unspecified atom stereocenters. The van der Waals surface area contributed by atoms with Gasteiger partial charge in [0.25, 0.3) is 21.0 Å². The third-order valence-electron chi connectivity index (χ3n) is 1.72. The molecule has 4 nitrogen and oxygen atoms in total. The van der Waals surface area contributed by atoms with Crippen LogP contribution in [0, 0.1) is 6.92 Å². The molecule has 1 aromatic rings. The molecular formula is C7H6ClF2NO3S. The summed E-state index contributed by atoms with van der Waals surface area (Å²) in [7, 11) is 0.861. The molecule has 0 aromatic carbocycles. The summed E-state index contributed by atoms with van der Waals surface area (Å²) in [6.07, 6.45) is -3.05. The average Bonchev–Trinajstić information content (AvgIpc) is 2.00. The van der Waals surface area contributed by atoms with Gasteiger partial charge >= 0.3 is 0 Å². The predicted octanol–water partition coefficient (Wildman–Crippen LogP) is 1.55. The molecule has 1 aromatic heterocycles. The predicted molar refractivity (Wildman–Crippen MR) is 49.8 cm³/mol. The standard InChI is InChI=1S/C7H6ClF2NO3S/c1-3-5(15(8,13)14)2-4(6(9)10)7(12)11-3/h2,6H,1H3,(H,11,12). The zero-order valence-corrected chi connectivity index (χ0v) is 8.99. The summed E-state index contributed by atoms with van der Waals surface area (Å²) in [5.41, 5.74) is -2.01. The number of hydrogen-bond donors (Lipinski definition) is 1. The Labute approximate surface area is 88.3 Å². The van der Waals surface area contributed by atoms with Gasteiger partial charge in [0, 0.05) is 16.4 Å². The number of aromatic nitrogens is 1. The van der Waals surface area contributed by atoms with Crippen LogP contribution in [0.5, 0.6) is 0 Å². The second kappa shape index (κ2) is 3.90. The average molecular weight is 258 g/mol. The first-order valence-electron chi connectivity index (χ1n) is 3.70. The highest BCUT2D eigenvalue weighted by Gasteiger charge is 2.20. The van der Waals surface area contributed by atoms with Crippen molar-refractivity contribution in [3.05, 3.63) is 27.7 Å². The fourth-order valence-electron chi connectivity index (χ4n) is 1.03. The Morgan fingerprint density at radius 1 is 1.47 bits per heavy atom. The van der Waals surface area contributed by atoms with Crippen molar-refractivity contribution in [3.8, 4) is 0 Å². The summed E-state index contributed by atoms with van der Waals surface area (Å²) in [5, 5.41) is 0. The van der Waals surface area contributed by atoms with E-state index in [1.807, 2.05) is 4.98 Å². The first-order chi connectivity index (χ1) is 6.73. The van der Waals surface area contributed by atoms with E-state index >= 15 is 0 Å². The van der Waals surface area contributed by atoms with Gasteiger partial charge in [0.15, 0.2) is 0 Å². The van der Waals surface area contributed by atoms with Crippen LogP contribution in [-0.4, -0.2) is 13.4 Å². The van der Waals surface area contributed by atoms with Gasteiger partial charge in [0.2, 0.25) is 0 Å². The van der Waals surface area contributed by atoms with Gasteiger partial charge in [-0.1, -0.05) is 0 Å². The van der Waals surface area contributed by atoms with Crippen LogP contribution in [0.15, 0.2) is 15.8 Å². The van der Waals surface area contributed by atoms with Crippen LogP contribution in [0.3, 0.4) is 0 Å². The van der Waals surface area contributed by atoms with Gasteiger partial charge in [-0.2, -0.15) is 0 Å². The number of alkyl halides is 2. The summed E-state index contributed by atoms with van der Waals surface area (Å²) in [6, 6.07) is 0.584. The quantitative estimate of drug-likeness (QED) is 0.818. The number of rotatable bonds is 2. The highest BCUT2D eigenvalue weighted by atomic mass is 35.7. The van der Waals surface area contributed by atoms with Crippen molar-refractivity contribution in [2.45, 2.75) is 18.2 Å². The molecule has 0 atom stereocenters. The topological polar surface area (TPSA) is 67.0 Å². The van der Waals surface area contributed by atoms with E-state index in [4.69, 9.17) is 10.7 Å². The molecule has 0 saturated carbocycles. The third kappa shape index (κ3) is 2.54. The molecule has 84 valence electrons. The molecule has 15 heavy (non-hydrogen) atoms. The number of pyridine rings is 1. The number of halogens is 3. The van der Waals surface area contributed by atoms with E-state index in [1.54, 1.807) is 0 Å². The Hall–Kier alpha value is -0.950. The molecule has 0 bridgehead atoms. The van der Waals surface area contributed by atoms with E-state index in [1.165, 1.54) is 6.92 Å². The van der Waals surface area contributed by atoms with Gasteiger partial charge in [0.1, 0.15) is 4.90 Å². The largest absolute Gasteiger partial charge is 0.325 e. The Balaban J connectivity index is 3.58. The monoisotopic (exact) mass is 257 g/mol. The minimum absolute atomic E-state index is 0.0700. The van der Waals surface area contributed by atoms with Gasteiger partial charge in [-0.25, -0.2) is 17.2 Å². The van der Waals surface area contributed by atoms with Crippen molar-refractivity contribution in [1.82, 2.24) is 4.98 Å². The Bertz CT molecular complexity index is 538. The minimum atomic E-state index is -4.14.